The number of likely N-dealkylation sites (tertiary alicyclic amines) is 1. The molecule has 2 aliphatic rings. The van der Waals surface area contributed by atoms with Gasteiger partial charge in [0.1, 0.15) is 5.75 Å². The molecule has 1 aliphatic carbocycles. The zero-order chi connectivity index (χ0) is 17.8. The number of carbonyl (C=O) groups is 1. The van der Waals surface area contributed by atoms with Crippen LogP contribution in [0.2, 0.25) is 0 Å². The molecule has 136 valence electrons. The highest BCUT2D eigenvalue weighted by Gasteiger charge is 2.35. The number of hydrogen-bond donors (Lipinski definition) is 1. The normalized spacial score (nSPS) is 21.0. The van der Waals surface area contributed by atoms with Crippen LogP contribution in [0.3, 0.4) is 0 Å². The van der Waals surface area contributed by atoms with E-state index in [9.17, 15) is 4.79 Å². The van der Waals surface area contributed by atoms with Crippen molar-refractivity contribution in [3.63, 3.8) is 0 Å². The van der Waals surface area contributed by atoms with Crippen molar-refractivity contribution >= 4 is 11.6 Å². The molecule has 0 radical (unpaired) electrons. The third-order valence-electron chi connectivity index (χ3n) is 5.36. The third kappa shape index (κ3) is 3.88. The van der Waals surface area contributed by atoms with Gasteiger partial charge in [-0.3, -0.25) is 9.69 Å². The summed E-state index contributed by atoms with van der Waals surface area (Å²) in [5, 5.41) is 3.04. The standard InChI is InChI=1S/C21H25N3O2/c25-21(19-11-4-5-14-24(19)17-7-6-8-17)23-16-12-13-20(22-15-16)26-18-9-2-1-3-10-18/h1-3,9-10,12-13,15,17,19H,4-8,11,14H2,(H,23,25)/t19-/m1/s1. The van der Waals surface area contributed by atoms with Crippen LogP contribution in [-0.2, 0) is 4.79 Å². The van der Waals surface area contributed by atoms with Gasteiger partial charge in [0, 0.05) is 12.1 Å². The van der Waals surface area contributed by atoms with E-state index < -0.39 is 0 Å². The summed E-state index contributed by atoms with van der Waals surface area (Å²) >= 11 is 0. The number of carbonyl (C=O) groups excluding carboxylic acids is 1. The Morgan fingerprint density at radius 1 is 1.04 bits per heavy atom. The fourth-order valence-electron chi connectivity index (χ4n) is 3.74. The molecule has 1 aromatic heterocycles. The molecule has 5 heteroatoms. The van der Waals surface area contributed by atoms with E-state index in [-0.39, 0.29) is 11.9 Å². The Morgan fingerprint density at radius 3 is 2.58 bits per heavy atom. The number of rotatable bonds is 5. The van der Waals surface area contributed by atoms with Gasteiger partial charge in [0.05, 0.1) is 17.9 Å². The molecule has 0 unspecified atom stereocenters. The second-order valence-corrected chi connectivity index (χ2v) is 7.12. The topological polar surface area (TPSA) is 54.5 Å². The first-order valence-corrected chi connectivity index (χ1v) is 9.55. The van der Waals surface area contributed by atoms with Gasteiger partial charge in [0.15, 0.2) is 0 Å². The number of piperidine rings is 1. The van der Waals surface area contributed by atoms with Gasteiger partial charge in [-0.1, -0.05) is 31.0 Å². The van der Waals surface area contributed by atoms with Crippen LogP contribution in [0.5, 0.6) is 11.6 Å². The summed E-state index contributed by atoms with van der Waals surface area (Å²) < 4.78 is 5.69. The number of nitrogens with zero attached hydrogens (tertiary/aromatic N) is 2. The van der Waals surface area contributed by atoms with Crippen LogP contribution in [0.15, 0.2) is 48.7 Å². The Balaban J connectivity index is 1.37. The van der Waals surface area contributed by atoms with Gasteiger partial charge in [-0.05, 0) is 50.4 Å². The Labute approximate surface area is 154 Å². The molecule has 2 aromatic rings. The van der Waals surface area contributed by atoms with Crippen LogP contribution >= 0.6 is 0 Å². The van der Waals surface area contributed by atoms with Crippen molar-refractivity contribution in [3.8, 4) is 11.6 Å². The fraction of sp³-hybridized carbons (Fsp3) is 0.429. The highest BCUT2D eigenvalue weighted by atomic mass is 16.5. The zero-order valence-corrected chi connectivity index (χ0v) is 14.9. The number of pyridine rings is 1. The van der Waals surface area contributed by atoms with Crippen molar-refractivity contribution < 1.29 is 9.53 Å². The van der Waals surface area contributed by atoms with Crippen LogP contribution in [0.25, 0.3) is 0 Å². The summed E-state index contributed by atoms with van der Waals surface area (Å²) in [6.07, 6.45) is 8.70. The van der Waals surface area contributed by atoms with Gasteiger partial charge >= 0.3 is 0 Å². The molecule has 0 spiro atoms. The number of hydrogen-bond acceptors (Lipinski definition) is 4. The van der Waals surface area contributed by atoms with E-state index in [0.717, 1.165) is 30.8 Å². The molecule has 1 saturated carbocycles. The van der Waals surface area contributed by atoms with Crippen molar-refractivity contribution in [2.45, 2.75) is 50.6 Å². The molecule has 1 amide bonds. The van der Waals surface area contributed by atoms with Gasteiger partial charge in [0.2, 0.25) is 11.8 Å². The molecule has 5 nitrogen and oxygen atoms in total. The number of anilines is 1. The van der Waals surface area contributed by atoms with Crippen molar-refractivity contribution in [3.05, 3.63) is 48.7 Å². The van der Waals surface area contributed by atoms with Gasteiger partial charge in [-0.2, -0.15) is 0 Å². The van der Waals surface area contributed by atoms with Gasteiger partial charge in [-0.15, -0.1) is 0 Å². The third-order valence-corrected chi connectivity index (χ3v) is 5.36. The largest absolute Gasteiger partial charge is 0.439 e. The van der Waals surface area contributed by atoms with Crippen LogP contribution in [0.4, 0.5) is 5.69 Å². The van der Waals surface area contributed by atoms with E-state index in [0.29, 0.717) is 11.9 Å². The lowest BCUT2D eigenvalue weighted by atomic mass is 9.87. The summed E-state index contributed by atoms with van der Waals surface area (Å²) in [5.74, 6) is 1.35. The molecule has 1 aliphatic heterocycles. The molecule has 4 rings (SSSR count). The number of ether oxygens (including phenoxy) is 1. The fourth-order valence-corrected chi connectivity index (χ4v) is 3.74. The van der Waals surface area contributed by atoms with Crippen molar-refractivity contribution in [2.75, 3.05) is 11.9 Å². The molecule has 0 bridgehead atoms. The second-order valence-electron chi connectivity index (χ2n) is 7.12. The molecule has 26 heavy (non-hydrogen) atoms. The molecule has 2 fully saturated rings. The predicted molar refractivity (Wildman–Crippen MR) is 101 cm³/mol. The van der Waals surface area contributed by atoms with Crippen molar-refractivity contribution in [1.29, 1.82) is 0 Å². The van der Waals surface area contributed by atoms with E-state index >= 15 is 0 Å². The number of benzene rings is 1. The minimum Gasteiger partial charge on any atom is -0.439 e. The molecule has 1 saturated heterocycles. The van der Waals surface area contributed by atoms with E-state index in [2.05, 4.69) is 15.2 Å². The maximum atomic E-state index is 12.8. The summed E-state index contributed by atoms with van der Waals surface area (Å²) in [7, 11) is 0. The van der Waals surface area contributed by atoms with Gasteiger partial charge < -0.3 is 10.1 Å². The monoisotopic (exact) mass is 351 g/mol. The minimum absolute atomic E-state index is 0.00528. The lowest BCUT2D eigenvalue weighted by Gasteiger charge is -2.44. The average Bonchev–Trinajstić information content (AvgIpc) is 2.63. The highest BCUT2D eigenvalue weighted by Crippen LogP contribution is 2.31. The van der Waals surface area contributed by atoms with Crippen molar-refractivity contribution in [1.82, 2.24) is 9.88 Å². The second kappa shape index (κ2) is 7.87. The zero-order valence-electron chi connectivity index (χ0n) is 14.9. The molecule has 1 aromatic carbocycles. The van der Waals surface area contributed by atoms with Crippen molar-refractivity contribution in [2.24, 2.45) is 0 Å². The maximum absolute atomic E-state index is 12.8. The lowest BCUT2D eigenvalue weighted by molar-refractivity contribution is -0.124. The molecule has 2 heterocycles. The molecular weight excluding hydrogens is 326 g/mol. The minimum atomic E-state index is -0.00528. The Morgan fingerprint density at radius 2 is 1.88 bits per heavy atom. The maximum Gasteiger partial charge on any atom is 0.241 e. The average molecular weight is 351 g/mol. The van der Waals surface area contributed by atoms with E-state index in [1.807, 2.05) is 36.4 Å². The predicted octanol–water partition coefficient (Wildman–Crippen LogP) is 4.22. The Kier molecular flexibility index (Phi) is 5.16. The van der Waals surface area contributed by atoms with E-state index in [1.165, 1.54) is 25.7 Å². The first kappa shape index (κ1) is 17.0. The van der Waals surface area contributed by atoms with Gasteiger partial charge in [0.25, 0.3) is 0 Å². The van der Waals surface area contributed by atoms with Crippen LogP contribution in [0.1, 0.15) is 38.5 Å². The molecule has 1 atom stereocenters. The smallest absolute Gasteiger partial charge is 0.241 e. The quantitative estimate of drug-likeness (QED) is 0.876. The SMILES string of the molecule is O=C(Nc1ccc(Oc2ccccc2)nc1)[C@H]1CCCCN1C1CCC1. The summed E-state index contributed by atoms with van der Waals surface area (Å²) in [4.78, 5) is 19.5. The highest BCUT2D eigenvalue weighted by molar-refractivity contribution is 5.94. The van der Waals surface area contributed by atoms with Crippen LogP contribution < -0.4 is 10.1 Å². The Bertz CT molecular complexity index is 729. The molecular formula is C21H25N3O2. The summed E-state index contributed by atoms with van der Waals surface area (Å²) in [5.41, 5.74) is 0.717. The number of para-hydroxylation sites is 1. The lowest BCUT2D eigenvalue weighted by Crippen LogP contribution is -2.53. The summed E-state index contributed by atoms with van der Waals surface area (Å²) in [6, 6.07) is 13.8. The first-order chi connectivity index (χ1) is 12.8. The summed E-state index contributed by atoms with van der Waals surface area (Å²) in [6.45, 7) is 1.05. The molecule has 1 N–H and O–H groups in total. The number of nitrogens with one attached hydrogen (secondary N) is 1. The first-order valence-electron chi connectivity index (χ1n) is 9.55. The van der Waals surface area contributed by atoms with E-state index in [4.69, 9.17) is 4.74 Å². The van der Waals surface area contributed by atoms with Crippen LogP contribution in [0, 0.1) is 0 Å². The Hall–Kier alpha value is -2.40. The van der Waals surface area contributed by atoms with Gasteiger partial charge in [-0.25, -0.2) is 4.98 Å². The number of aromatic nitrogens is 1. The van der Waals surface area contributed by atoms with Crippen LogP contribution in [-0.4, -0.2) is 34.4 Å². The number of amides is 1. The van der Waals surface area contributed by atoms with E-state index in [1.54, 1.807) is 12.3 Å².